The molecule has 0 fully saturated rings. The van der Waals surface area contributed by atoms with Crippen molar-refractivity contribution in [1.29, 1.82) is 0 Å². The predicted octanol–water partition coefficient (Wildman–Crippen LogP) is 2.82. The molecule has 2 aromatic rings. The Morgan fingerprint density at radius 3 is 2.35 bits per heavy atom. The molecule has 2 aromatic carbocycles. The first kappa shape index (κ1) is 16.4. The van der Waals surface area contributed by atoms with Crippen LogP contribution in [-0.4, -0.2) is 24.3 Å². The molecule has 1 N–H and O–H groups in total. The highest BCUT2D eigenvalue weighted by molar-refractivity contribution is 6.00. The van der Waals surface area contributed by atoms with E-state index in [1.807, 2.05) is 0 Å². The summed E-state index contributed by atoms with van der Waals surface area (Å²) in [5.74, 6) is -1.94. The van der Waals surface area contributed by atoms with E-state index < -0.39 is 24.2 Å². The van der Waals surface area contributed by atoms with Crippen molar-refractivity contribution < 1.29 is 23.5 Å². The molecule has 0 aliphatic carbocycles. The number of hydrogen-bond acceptors (Lipinski definition) is 4. The number of ether oxygens (including phenoxy) is 1. The molecular weight excluding hydrogens is 301 g/mol. The van der Waals surface area contributed by atoms with Gasteiger partial charge in [-0.05, 0) is 42.5 Å². The second-order valence-electron chi connectivity index (χ2n) is 4.77. The van der Waals surface area contributed by atoms with Gasteiger partial charge in [0.05, 0.1) is 5.56 Å². The summed E-state index contributed by atoms with van der Waals surface area (Å²) in [6, 6.07) is 11.2. The Kier molecular flexibility index (Phi) is 5.19. The molecule has 23 heavy (non-hydrogen) atoms. The van der Waals surface area contributed by atoms with Crippen molar-refractivity contribution in [3.05, 3.63) is 65.5 Å². The first-order valence-electron chi connectivity index (χ1n) is 6.79. The first-order valence-corrected chi connectivity index (χ1v) is 6.79. The molecule has 6 heteroatoms. The van der Waals surface area contributed by atoms with Gasteiger partial charge in [0.2, 0.25) is 5.91 Å². The van der Waals surface area contributed by atoms with Crippen LogP contribution < -0.4 is 5.32 Å². The van der Waals surface area contributed by atoms with Crippen LogP contribution in [0.4, 0.5) is 10.1 Å². The summed E-state index contributed by atoms with van der Waals surface area (Å²) in [6.45, 7) is 0.930. The lowest BCUT2D eigenvalue weighted by molar-refractivity contribution is -0.114. The number of halogens is 1. The van der Waals surface area contributed by atoms with Crippen LogP contribution in [0.2, 0.25) is 0 Å². The minimum Gasteiger partial charge on any atom is -0.454 e. The lowest BCUT2D eigenvalue weighted by Crippen LogP contribution is -2.14. The van der Waals surface area contributed by atoms with E-state index in [4.69, 9.17) is 4.74 Å². The van der Waals surface area contributed by atoms with Gasteiger partial charge in [0, 0.05) is 18.2 Å². The number of anilines is 1. The number of ketones is 1. The number of benzene rings is 2. The molecular formula is C17H14FNO4. The van der Waals surface area contributed by atoms with Crippen LogP contribution in [-0.2, 0) is 9.53 Å². The Balaban J connectivity index is 1.94. The normalized spacial score (nSPS) is 10.0. The zero-order chi connectivity index (χ0) is 16.8. The molecule has 0 bridgehead atoms. The standard InChI is InChI=1S/C17H14FNO4/c1-11(20)19-15-7-5-12(6-8-15)16(21)10-23-17(22)13-3-2-4-14(18)9-13/h2-9H,10H2,1H3,(H,19,20). The highest BCUT2D eigenvalue weighted by Crippen LogP contribution is 2.11. The Morgan fingerprint density at radius 1 is 1.04 bits per heavy atom. The van der Waals surface area contributed by atoms with Crippen LogP contribution in [0.5, 0.6) is 0 Å². The molecule has 0 spiro atoms. The topological polar surface area (TPSA) is 72.5 Å². The molecule has 0 saturated heterocycles. The fourth-order valence-electron chi connectivity index (χ4n) is 1.86. The number of carbonyl (C=O) groups excluding carboxylic acids is 3. The number of amides is 1. The Hall–Kier alpha value is -3.02. The number of rotatable bonds is 5. The highest BCUT2D eigenvalue weighted by Gasteiger charge is 2.12. The molecule has 0 atom stereocenters. The Labute approximate surface area is 132 Å². The second-order valence-corrected chi connectivity index (χ2v) is 4.77. The lowest BCUT2D eigenvalue weighted by atomic mass is 10.1. The Morgan fingerprint density at radius 2 is 1.74 bits per heavy atom. The molecule has 0 heterocycles. The van der Waals surface area contributed by atoms with Gasteiger partial charge >= 0.3 is 5.97 Å². The molecule has 118 valence electrons. The van der Waals surface area contributed by atoms with Crippen molar-refractivity contribution in [3.8, 4) is 0 Å². The third-order valence-electron chi connectivity index (χ3n) is 2.92. The highest BCUT2D eigenvalue weighted by atomic mass is 19.1. The number of esters is 1. The van der Waals surface area contributed by atoms with Crippen molar-refractivity contribution in [2.75, 3.05) is 11.9 Å². The zero-order valence-electron chi connectivity index (χ0n) is 12.3. The van der Waals surface area contributed by atoms with Crippen molar-refractivity contribution in [1.82, 2.24) is 0 Å². The molecule has 2 rings (SSSR count). The summed E-state index contributed by atoms with van der Waals surface area (Å²) >= 11 is 0. The average molecular weight is 315 g/mol. The zero-order valence-corrected chi connectivity index (χ0v) is 12.3. The second kappa shape index (κ2) is 7.31. The smallest absolute Gasteiger partial charge is 0.338 e. The monoisotopic (exact) mass is 315 g/mol. The van der Waals surface area contributed by atoms with E-state index in [1.165, 1.54) is 37.3 Å². The number of carbonyl (C=O) groups is 3. The lowest BCUT2D eigenvalue weighted by Gasteiger charge is -2.06. The molecule has 0 unspecified atom stereocenters. The maximum Gasteiger partial charge on any atom is 0.338 e. The summed E-state index contributed by atoms with van der Waals surface area (Å²) in [4.78, 5) is 34.6. The molecule has 0 radical (unpaired) electrons. The van der Waals surface area contributed by atoms with E-state index in [0.717, 1.165) is 6.07 Å². The van der Waals surface area contributed by atoms with Gasteiger partial charge in [0.1, 0.15) is 5.82 Å². The van der Waals surface area contributed by atoms with E-state index in [1.54, 1.807) is 12.1 Å². The Bertz CT molecular complexity index is 741. The van der Waals surface area contributed by atoms with E-state index in [-0.39, 0.29) is 11.5 Å². The fraction of sp³-hybridized carbons (Fsp3) is 0.118. The van der Waals surface area contributed by atoms with Crippen LogP contribution >= 0.6 is 0 Å². The van der Waals surface area contributed by atoms with Gasteiger partial charge < -0.3 is 10.1 Å². The molecule has 5 nitrogen and oxygen atoms in total. The SMILES string of the molecule is CC(=O)Nc1ccc(C(=O)COC(=O)c2cccc(F)c2)cc1. The summed E-state index contributed by atoms with van der Waals surface area (Å²) in [7, 11) is 0. The summed E-state index contributed by atoms with van der Waals surface area (Å²) in [5, 5.41) is 2.58. The van der Waals surface area contributed by atoms with E-state index in [2.05, 4.69) is 5.32 Å². The molecule has 0 aliphatic heterocycles. The van der Waals surface area contributed by atoms with Crippen LogP contribution in [0.15, 0.2) is 48.5 Å². The third kappa shape index (κ3) is 4.74. The maximum absolute atomic E-state index is 13.0. The van der Waals surface area contributed by atoms with Gasteiger partial charge in [0.15, 0.2) is 12.4 Å². The third-order valence-corrected chi connectivity index (χ3v) is 2.92. The molecule has 1 amide bonds. The summed E-state index contributed by atoms with van der Waals surface area (Å²) in [5.41, 5.74) is 0.941. The molecule has 0 aliphatic rings. The average Bonchev–Trinajstić information content (AvgIpc) is 2.52. The van der Waals surface area contributed by atoms with Gasteiger partial charge in [-0.2, -0.15) is 0 Å². The number of hydrogen-bond donors (Lipinski definition) is 1. The van der Waals surface area contributed by atoms with Crippen molar-refractivity contribution in [2.45, 2.75) is 6.92 Å². The largest absolute Gasteiger partial charge is 0.454 e. The number of Topliss-reactive ketones (excluding diaryl/α,β-unsaturated/α-hetero) is 1. The van der Waals surface area contributed by atoms with E-state index in [0.29, 0.717) is 11.3 Å². The number of nitrogens with one attached hydrogen (secondary N) is 1. The minimum absolute atomic E-state index is 0.0406. The van der Waals surface area contributed by atoms with E-state index in [9.17, 15) is 18.8 Å². The van der Waals surface area contributed by atoms with Crippen LogP contribution in [0.25, 0.3) is 0 Å². The van der Waals surface area contributed by atoms with Gasteiger partial charge in [-0.1, -0.05) is 6.07 Å². The van der Waals surface area contributed by atoms with Gasteiger partial charge in [0.25, 0.3) is 0 Å². The minimum atomic E-state index is -0.771. The van der Waals surface area contributed by atoms with Gasteiger partial charge in [-0.25, -0.2) is 9.18 Å². The van der Waals surface area contributed by atoms with Gasteiger partial charge in [-0.15, -0.1) is 0 Å². The van der Waals surface area contributed by atoms with Gasteiger partial charge in [-0.3, -0.25) is 9.59 Å². The van der Waals surface area contributed by atoms with Crippen molar-refractivity contribution in [2.24, 2.45) is 0 Å². The molecule has 0 aromatic heterocycles. The van der Waals surface area contributed by atoms with Crippen molar-refractivity contribution in [3.63, 3.8) is 0 Å². The van der Waals surface area contributed by atoms with Crippen LogP contribution in [0, 0.1) is 5.82 Å². The van der Waals surface area contributed by atoms with Crippen LogP contribution in [0.1, 0.15) is 27.6 Å². The van der Waals surface area contributed by atoms with E-state index >= 15 is 0 Å². The molecule has 0 saturated carbocycles. The maximum atomic E-state index is 13.0. The van der Waals surface area contributed by atoms with Crippen molar-refractivity contribution >= 4 is 23.3 Å². The van der Waals surface area contributed by atoms with Crippen LogP contribution in [0.3, 0.4) is 0 Å². The fourth-order valence-corrected chi connectivity index (χ4v) is 1.86. The predicted molar refractivity (Wildman–Crippen MR) is 81.8 cm³/mol. The summed E-state index contributed by atoms with van der Waals surface area (Å²) < 4.78 is 17.9. The first-order chi connectivity index (χ1) is 11.0. The quantitative estimate of drug-likeness (QED) is 0.680. The summed E-state index contributed by atoms with van der Waals surface area (Å²) in [6.07, 6.45) is 0.